The Labute approximate surface area is 189 Å². The van der Waals surface area contributed by atoms with Crippen LogP contribution in [0.3, 0.4) is 0 Å². The van der Waals surface area contributed by atoms with Crippen LogP contribution in [-0.4, -0.2) is 80.7 Å². The third kappa shape index (κ3) is 5.12. The molecular formula is C21H29N3O6S2. The normalized spacial score (nSPS) is 22.4. The molecule has 1 aliphatic heterocycles. The first-order valence-electron chi connectivity index (χ1n) is 10.2. The molecule has 0 bridgehead atoms. The van der Waals surface area contributed by atoms with Crippen molar-refractivity contribution >= 4 is 20.0 Å². The summed E-state index contributed by atoms with van der Waals surface area (Å²) in [7, 11) is -5.96. The fourth-order valence-electron chi connectivity index (χ4n) is 3.56. The molecule has 0 unspecified atom stereocenters. The second-order valence-corrected chi connectivity index (χ2v) is 12.1. The fraction of sp³-hybridized carbons (Fsp3) is 0.476. The average Bonchev–Trinajstić information content (AvgIpc) is 2.75. The lowest BCUT2D eigenvalue weighted by Crippen LogP contribution is -2.50. The summed E-state index contributed by atoms with van der Waals surface area (Å²) in [5, 5.41) is 9.70. The lowest BCUT2D eigenvalue weighted by molar-refractivity contribution is 0.0906. The van der Waals surface area contributed by atoms with Gasteiger partial charge in [-0.05, 0) is 42.3 Å². The monoisotopic (exact) mass is 483 g/mol. The van der Waals surface area contributed by atoms with Crippen LogP contribution in [0.1, 0.15) is 13.8 Å². The molecule has 0 radical (unpaired) electrons. The summed E-state index contributed by atoms with van der Waals surface area (Å²) >= 11 is 0. The minimum Gasteiger partial charge on any atom is -0.487 e. The molecule has 11 heteroatoms. The standard InChI is InChI=1S/C21H29N3O6S2/c1-15-12-24(16(2)14-25)32(28,29)21-6-5-18(17-7-9-22-10-8-17)11-19(21)30-20(15)13-23(3)31(4,26)27/h5-11,15-16,20,25H,12-14H2,1-4H3/t15-,16-,20-/m1/s1. The molecule has 2 heterocycles. The predicted octanol–water partition coefficient (Wildman–Crippen LogP) is 1.41. The number of aliphatic hydroxyl groups excluding tert-OH is 1. The van der Waals surface area contributed by atoms with Gasteiger partial charge in [0.05, 0.1) is 19.4 Å². The number of fused-ring (bicyclic) bond motifs is 1. The molecule has 0 spiro atoms. The number of aromatic nitrogens is 1. The molecule has 1 aromatic carbocycles. The number of hydrogen-bond donors (Lipinski definition) is 1. The fourth-order valence-corrected chi connectivity index (χ4v) is 5.80. The molecule has 0 aliphatic carbocycles. The van der Waals surface area contributed by atoms with E-state index < -0.39 is 32.2 Å². The Kier molecular flexibility index (Phi) is 7.25. The SMILES string of the molecule is C[C@@H]1CN([C@H](C)CO)S(=O)(=O)c2ccc(-c3ccncc3)cc2O[C@@H]1CN(C)S(C)(=O)=O. The van der Waals surface area contributed by atoms with E-state index in [0.29, 0.717) is 0 Å². The van der Waals surface area contributed by atoms with E-state index in [1.54, 1.807) is 43.6 Å². The van der Waals surface area contributed by atoms with Crippen LogP contribution in [0.4, 0.5) is 0 Å². The number of sulfonamides is 2. The quantitative estimate of drug-likeness (QED) is 0.660. The Morgan fingerprint density at radius 2 is 1.91 bits per heavy atom. The number of nitrogens with zero attached hydrogens (tertiary/aromatic N) is 3. The van der Waals surface area contributed by atoms with Crippen molar-refractivity contribution in [3.05, 3.63) is 42.7 Å². The molecular weight excluding hydrogens is 454 g/mol. The van der Waals surface area contributed by atoms with Crippen LogP contribution < -0.4 is 4.74 Å². The van der Waals surface area contributed by atoms with Crippen molar-refractivity contribution in [2.75, 3.05) is 33.0 Å². The Balaban J connectivity index is 2.14. The number of hydrogen-bond acceptors (Lipinski definition) is 7. The van der Waals surface area contributed by atoms with Crippen LogP contribution >= 0.6 is 0 Å². The maximum Gasteiger partial charge on any atom is 0.247 e. The molecule has 0 amide bonds. The van der Waals surface area contributed by atoms with Gasteiger partial charge in [-0.25, -0.2) is 21.1 Å². The van der Waals surface area contributed by atoms with E-state index >= 15 is 0 Å². The maximum absolute atomic E-state index is 13.5. The molecule has 1 N–H and O–H groups in total. The van der Waals surface area contributed by atoms with Crippen molar-refractivity contribution in [3.8, 4) is 16.9 Å². The molecule has 176 valence electrons. The highest BCUT2D eigenvalue weighted by atomic mass is 32.2. The minimum atomic E-state index is -3.96. The van der Waals surface area contributed by atoms with Crippen LogP contribution in [0.15, 0.2) is 47.6 Å². The Morgan fingerprint density at radius 1 is 1.25 bits per heavy atom. The van der Waals surface area contributed by atoms with E-state index in [0.717, 1.165) is 17.4 Å². The van der Waals surface area contributed by atoms with Crippen LogP contribution in [0.5, 0.6) is 5.75 Å². The number of pyridine rings is 1. The number of rotatable bonds is 6. The number of ether oxygens (including phenoxy) is 1. The predicted molar refractivity (Wildman–Crippen MR) is 121 cm³/mol. The van der Waals surface area contributed by atoms with Gasteiger partial charge in [0.2, 0.25) is 20.0 Å². The smallest absolute Gasteiger partial charge is 0.247 e. The first kappa shape index (κ1) is 24.6. The lowest BCUT2D eigenvalue weighted by atomic mass is 10.0. The van der Waals surface area contributed by atoms with Crippen molar-refractivity contribution in [1.82, 2.24) is 13.6 Å². The van der Waals surface area contributed by atoms with Crippen molar-refractivity contribution in [2.24, 2.45) is 5.92 Å². The summed E-state index contributed by atoms with van der Waals surface area (Å²) in [5.41, 5.74) is 1.58. The van der Waals surface area contributed by atoms with E-state index in [4.69, 9.17) is 4.74 Å². The van der Waals surface area contributed by atoms with Crippen LogP contribution in [0.2, 0.25) is 0 Å². The van der Waals surface area contributed by atoms with E-state index in [1.165, 1.54) is 21.7 Å². The van der Waals surface area contributed by atoms with Gasteiger partial charge in [-0.15, -0.1) is 0 Å². The van der Waals surface area contributed by atoms with Gasteiger partial charge in [0.15, 0.2) is 0 Å². The topological polar surface area (TPSA) is 117 Å². The van der Waals surface area contributed by atoms with E-state index in [1.807, 2.05) is 6.92 Å². The number of benzene rings is 1. The summed E-state index contributed by atoms with van der Waals surface area (Å²) in [5.74, 6) is -0.200. The molecule has 2 aromatic rings. The van der Waals surface area contributed by atoms with Crippen molar-refractivity contribution in [2.45, 2.75) is 30.9 Å². The highest BCUT2D eigenvalue weighted by molar-refractivity contribution is 7.89. The summed E-state index contributed by atoms with van der Waals surface area (Å²) in [6, 6.07) is 7.79. The summed E-state index contributed by atoms with van der Waals surface area (Å²) in [6.07, 6.45) is 3.78. The average molecular weight is 484 g/mol. The molecule has 1 aromatic heterocycles. The van der Waals surface area contributed by atoms with Crippen molar-refractivity contribution in [1.29, 1.82) is 0 Å². The maximum atomic E-state index is 13.5. The second-order valence-electron chi connectivity index (χ2n) is 8.18. The first-order valence-corrected chi connectivity index (χ1v) is 13.5. The molecule has 9 nitrogen and oxygen atoms in total. The van der Waals surface area contributed by atoms with Gasteiger partial charge < -0.3 is 9.84 Å². The Hall–Kier alpha value is -2.05. The molecule has 32 heavy (non-hydrogen) atoms. The first-order chi connectivity index (χ1) is 14.9. The lowest BCUT2D eigenvalue weighted by Gasteiger charge is -2.37. The van der Waals surface area contributed by atoms with Crippen molar-refractivity contribution in [3.63, 3.8) is 0 Å². The van der Waals surface area contributed by atoms with E-state index in [-0.39, 0.29) is 36.3 Å². The summed E-state index contributed by atoms with van der Waals surface area (Å²) in [6.45, 7) is 3.24. The van der Waals surface area contributed by atoms with E-state index in [9.17, 15) is 21.9 Å². The third-order valence-electron chi connectivity index (χ3n) is 5.68. The van der Waals surface area contributed by atoms with Crippen LogP contribution in [-0.2, 0) is 20.0 Å². The molecule has 3 rings (SSSR count). The van der Waals surface area contributed by atoms with Crippen LogP contribution in [0.25, 0.3) is 11.1 Å². The third-order valence-corrected chi connectivity index (χ3v) is 8.98. The van der Waals surface area contributed by atoms with Gasteiger partial charge >= 0.3 is 0 Å². The zero-order valence-corrected chi connectivity index (χ0v) is 20.2. The van der Waals surface area contributed by atoms with E-state index in [2.05, 4.69) is 4.98 Å². The zero-order chi connectivity index (χ0) is 23.7. The molecule has 1 aliphatic rings. The number of likely N-dealkylation sites (N-methyl/N-ethyl adjacent to an activating group) is 1. The van der Waals surface area contributed by atoms with Gasteiger partial charge in [0.25, 0.3) is 0 Å². The Morgan fingerprint density at radius 3 is 2.50 bits per heavy atom. The summed E-state index contributed by atoms with van der Waals surface area (Å²) < 4.78 is 59.6. The van der Waals surface area contributed by atoms with Gasteiger partial charge in [-0.1, -0.05) is 13.0 Å². The molecule has 0 saturated carbocycles. The van der Waals surface area contributed by atoms with Gasteiger partial charge in [0, 0.05) is 37.9 Å². The summed E-state index contributed by atoms with van der Waals surface area (Å²) in [4.78, 5) is 3.99. The minimum absolute atomic E-state index is 0.0190. The van der Waals surface area contributed by atoms with Gasteiger partial charge in [-0.3, -0.25) is 4.98 Å². The molecule has 0 saturated heterocycles. The highest BCUT2D eigenvalue weighted by Crippen LogP contribution is 2.36. The largest absolute Gasteiger partial charge is 0.487 e. The zero-order valence-electron chi connectivity index (χ0n) is 18.5. The molecule has 0 fully saturated rings. The van der Waals surface area contributed by atoms with Crippen LogP contribution in [0, 0.1) is 5.92 Å². The van der Waals surface area contributed by atoms with Crippen molar-refractivity contribution < 1.29 is 26.7 Å². The van der Waals surface area contributed by atoms with Gasteiger partial charge in [0.1, 0.15) is 16.7 Å². The molecule has 3 atom stereocenters. The Bertz CT molecular complexity index is 1160. The highest BCUT2D eigenvalue weighted by Gasteiger charge is 2.38. The van der Waals surface area contributed by atoms with Gasteiger partial charge in [-0.2, -0.15) is 4.31 Å². The number of aliphatic hydroxyl groups is 1. The second kappa shape index (κ2) is 9.44.